The maximum absolute atomic E-state index is 5.89. The van der Waals surface area contributed by atoms with Crippen molar-refractivity contribution in [3.8, 4) is 0 Å². The highest BCUT2D eigenvalue weighted by atomic mass is 32.2. The van der Waals surface area contributed by atoms with Crippen LogP contribution in [0.1, 0.15) is 27.2 Å². The molecule has 1 aliphatic carbocycles. The second kappa shape index (κ2) is 7.62. The van der Waals surface area contributed by atoms with Crippen LogP contribution in [-0.2, 0) is 4.74 Å². The van der Waals surface area contributed by atoms with E-state index in [4.69, 9.17) is 9.73 Å². The van der Waals surface area contributed by atoms with Crippen LogP contribution in [0.15, 0.2) is 4.99 Å². The summed E-state index contributed by atoms with van der Waals surface area (Å²) in [7, 11) is 0. The number of hydrogen-bond donors (Lipinski definition) is 2. The summed E-state index contributed by atoms with van der Waals surface area (Å²) >= 11 is 2.06. The van der Waals surface area contributed by atoms with Crippen LogP contribution < -0.4 is 10.6 Å². The van der Waals surface area contributed by atoms with Gasteiger partial charge in [0.2, 0.25) is 0 Å². The summed E-state index contributed by atoms with van der Waals surface area (Å²) in [4.78, 5) is 7.34. The van der Waals surface area contributed by atoms with E-state index in [1.54, 1.807) is 0 Å². The van der Waals surface area contributed by atoms with Crippen LogP contribution in [0.5, 0.6) is 0 Å². The van der Waals surface area contributed by atoms with E-state index in [-0.39, 0.29) is 5.41 Å². The van der Waals surface area contributed by atoms with Crippen molar-refractivity contribution < 1.29 is 4.74 Å². The van der Waals surface area contributed by atoms with Gasteiger partial charge in [-0.05, 0) is 13.3 Å². The molecule has 5 nitrogen and oxygen atoms in total. The summed E-state index contributed by atoms with van der Waals surface area (Å²) in [6.07, 6.45) is 1.60. The van der Waals surface area contributed by atoms with Crippen LogP contribution in [0, 0.1) is 11.3 Å². The molecule has 6 heteroatoms. The Morgan fingerprint density at radius 3 is 2.87 bits per heavy atom. The first-order valence-corrected chi connectivity index (χ1v) is 10.2. The van der Waals surface area contributed by atoms with Gasteiger partial charge in [-0.25, -0.2) is 0 Å². The molecule has 3 unspecified atom stereocenters. The topological polar surface area (TPSA) is 48.9 Å². The third-order valence-electron chi connectivity index (χ3n) is 5.53. The predicted molar refractivity (Wildman–Crippen MR) is 98.3 cm³/mol. The van der Waals surface area contributed by atoms with Gasteiger partial charge in [-0.3, -0.25) is 9.89 Å². The summed E-state index contributed by atoms with van der Waals surface area (Å²) in [5, 5.41) is 7.10. The van der Waals surface area contributed by atoms with Crippen molar-refractivity contribution in [3.05, 3.63) is 0 Å². The average molecular weight is 341 g/mol. The molecule has 3 aliphatic rings. The van der Waals surface area contributed by atoms with Crippen molar-refractivity contribution in [1.29, 1.82) is 0 Å². The third kappa shape index (κ3) is 3.80. The Hall–Kier alpha value is -0.460. The second-order valence-electron chi connectivity index (χ2n) is 7.40. The van der Waals surface area contributed by atoms with Crippen LogP contribution in [0.2, 0.25) is 0 Å². The average Bonchev–Trinajstić information content (AvgIpc) is 3.00. The van der Waals surface area contributed by atoms with Crippen LogP contribution in [0.4, 0.5) is 0 Å². The quantitative estimate of drug-likeness (QED) is 0.585. The van der Waals surface area contributed by atoms with E-state index >= 15 is 0 Å². The van der Waals surface area contributed by atoms with E-state index in [1.807, 2.05) is 0 Å². The van der Waals surface area contributed by atoms with Crippen molar-refractivity contribution in [2.45, 2.75) is 39.3 Å². The molecule has 2 saturated heterocycles. The molecule has 2 aliphatic heterocycles. The Labute approximate surface area is 145 Å². The molecule has 0 aromatic rings. The molecule has 0 radical (unpaired) electrons. The number of guanidine groups is 1. The van der Waals surface area contributed by atoms with Gasteiger partial charge in [0.15, 0.2) is 5.96 Å². The SMILES string of the molecule is CCNC(=NCCN1CCSCC1)NC1C2CCOC2C1(C)C. The van der Waals surface area contributed by atoms with Crippen molar-refractivity contribution in [2.75, 3.05) is 50.8 Å². The summed E-state index contributed by atoms with van der Waals surface area (Å²) in [5.41, 5.74) is 0.196. The second-order valence-corrected chi connectivity index (χ2v) is 8.63. The number of nitrogens with zero attached hydrogens (tertiary/aromatic N) is 2. The molecule has 132 valence electrons. The van der Waals surface area contributed by atoms with Gasteiger partial charge in [-0.2, -0.15) is 11.8 Å². The van der Waals surface area contributed by atoms with Gasteiger partial charge >= 0.3 is 0 Å². The molecule has 0 aromatic carbocycles. The van der Waals surface area contributed by atoms with E-state index in [1.165, 1.54) is 31.0 Å². The van der Waals surface area contributed by atoms with Crippen LogP contribution >= 0.6 is 11.8 Å². The molecule has 0 amide bonds. The minimum atomic E-state index is 0.196. The van der Waals surface area contributed by atoms with E-state index < -0.39 is 0 Å². The van der Waals surface area contributed by atoms with Gasteiger partial charge in [-0.1, -0.05) is 13.8 Å². The van der Waals surface area contributed by atoms with Crippen molar-refractivity contribution in [3.63, 3.8) is 0 Å². The van der Waals surface area contributed by atoms with Gasteiger partial charge in [0, 0.05) is 61.7 Å². The lowest BCUT2D eigenvalue weighted by molar-refractivity contribution is -0.106. The smallest absolute Gasteiger partial charge is 0.191 e. The molecule has 3 rings (SSSR count). The molecule has 3 fully saturated rings. The zero-order valence-corrected chi connectivity index (χ0v) is 15.6. The number of ether oxygens (including phenoxy) is 1. The van der Waals surface area contributed by atoms with Gasteiger partial charge in [0.05, 0.1) is 12.6 Å². The van der Waals surface area contributed by atoms with E-state index in [9.17, 15) is 0 Å². The van der Waals surface area contributed by atoms with E-state index in [0.717, 1.165) is 32.2 Å². The first-order chi connectivity index (χ1) is 11.1. The predicted octanol–water partition coefficient (Wildman–Crippen LogP) is 1.40. The lowest BCUT2D eigenvalue weighted by Crippen LogP contribution is -2.68. The van der Waals surface area contributed by atoms with Crippen molar-refractivity contribution >= 4 is 17.7 Å². The van der Waals surface area contributed by atoms with Gasteiger partial charge in [-0.15, -0.1) is 0 Å². The fourth-order valence-corrected chi connectivity index (χ4v) is 5.19. The van der Waals surface area contributed by atoms with E-state index in [0.29, 0.717) is 18.1 Å². The fraction of sp³-hybridized carbons (Fsp3) is 0.941. The first kappa shape index (κ1) is 17.4. The largest absolute Gasteiger partial charge is 0.377 e. The molecule has 2 N–H and O–H groups in total. The Kier molecular flexibility index (Phi) is 5.75. The lowest BCUT2D eigenvalue weighted by atomic mass is 9.57. The highest BCUT2D eigenvalue weighted by Gasteiger charge is 2.59. The van der Waals surface area contributed by atoms with Crippen molar-refractivity contribution in [1.82, 2.24) is 15.5 Å². The normalized spacial score (nSPS) is 33.9. The highest BCUT2D eigenvalue weighted by molar-refractivity contribution is 7.99. The minimum Gasteiger partial charge on any atom is -0.377 e. The van der Waals surface area contributed by atoms with Gasteiger partial charge in [0.1, 0.15) is 0 Å². The standard InChI is InChI=1S/C17H32N4OS/c1-4-18-16(19-6-7-21-8-11-23-12-9-21)20-14-13-5-10-22-15(13)17(14,2)3/h13-15H,4-12H2,1-3H3,(H2,18,19,20). The summed E-state index contributed by atoms with van der Waals surface area (Å²) in [6.45, 7) is 12.9. The Bertz CT molecular complexity index is 423. The number of aliphatic imine (C=N–C) groups is 1. The maximum Gasteiger partial charge on any atom is 0.191 e. The molecule has 2 heterocycles. The molecule has 23 heavy (non-hydrogen) atoms. The number of hydrogen-bond acceptors (Lipinski definition) is 4. The Morgan fingerprint density at radius 1 is 1.35 bits per heavy atom. The van der Waals surface area contributed by atoms with E-state index in [2.05, 4.69) is 48.1 Å². The van der Waals surface area contributed by atoms with Crippen molar-refractivity contribution in [2.24, 2.45) is 16.3 Å². The summed E-state index contributed by atoms with van der Waals surface area (Å²) in [5.74, 6) is 4.15. The van der Waals surface area contributed by atoms with Crippen LogP contribution in [0.3, 0.4) is 0 Å². The first-order valence-electron chi connectivity index (χ1n) is 9.09. The highest BCUT2D eigenvalue weighted by Crippen LogP contribution is 2.52. The molecule has 0 bridgehead atoms. The lowest BCUT2D eigenvalue weighted by Gasteiger charge is -2.54. The third-order valence-corrected chi connectivity index (χ3v) is 6.47. The molecular weight excluding hydrogens is 308 g/mol. The monoisotopic (exact) mass is 340 g/mol. The zero-order chi connectivity index (χ0) is 16.3. The number of nitrogens with one attached hydrogen (secondary N) is 2. The molecule has 3 atom stereocenters. The van der Waals surface area contributed by atoms with Gasteiger partial charge in [0.25, 0.3) is 0 Å². The van der Waals surface area contributed by atoms with Gasteiger partial charge < -0.3 is 15.4 Å². The number of thioether (sulfide) groups is 1. The Balaban J connectivity index is 1.52. The fourth-order valence-electron chi connectivity index (χ4n) is 4.21. The molecular formula is C17H32N4OS. The molecule has 0 spiro atoms. The zero-order valence-electron chi connectivity index (χ0n) is 14.8. The van der Waals surface area contributed by atoms with Crippen LogP contribution in [0.25, 0.3) is 0 Å². The summed E-state index contributed by atoms with van der Waals surface area (Å²) in [6, 6.07) is 0.471. The minimum absolute atomic E-state index is 0.196. The number of fused-ring (bicyclic) bond motifs is 1. The molecule has 0 aromatic heterocycles. The number of rotatable bonds is 5. The maximum atomic E-state index is 5.89. The molecule has 1 saturated carbocycles. The Morgan fingerprint density at radius 2 is 2.13 bits per heavy atom. The summed E-state index contributed by atoms with van der Waals surface area (Å²) < 4.78 is 5.89. The van der Waals surface area contributed by atoms with Crippen LogP contribution in [-0.4, -0.2) is 73.8 Å².